The lowest BCUT2D eigenvalue weighted by atomic mass is 10.1. The van der Waals surface area contributed by atoms with Gasteiger partial charge in [0.2, 0.25) is 11.8 Å². The van der Waals surface area contributed by atoms with Crippen molar-refractivity contribution >= 4 is 29.2 Å². The van der Waals surface area contributed by atoms with Crippen molar-refractivity contribution in [1.82, 2.24) is 4.98 Å². The van der Waals surface area contributed by atoms with Crippen LogP contribution in [0.3, 0.4) is 0 Å². The lowest BCUT2D eigenvalue weighted by Gasteiger charge is -2.06. The number of aromatic nitrogens is 1. The number of nitrogens with two attached hydrogens (primary N) is 1. The average molecular weight is 403 g/mol. The summed E-state index contributed by atoms with van der Waals surface area (Å²) in [6, 6.07) is 12.1. The summed E-state index contributed by atoms with van der Waals surface area (Å²) in [5.74, 6) is 0.318. The first-order valence-corrected chi connectivity index (χ1v) is 9.78. The molecule has 0 saturated carbocycles. The Balaban J connectivity index is 0.00000392. The van der Waals surface area contributed by atoms with E-state index in [0.717, 1.165) is 35.9 Å². The van der Waals surface area contributed by atoms with Crippen molar-refractivity contribution in [2.45, 2.75) is 51.9 Å². The molecule has 152 valence electrons. The number of carbonyl (C=O) groups is 1. The second-order valence-corrected chi connectivity index (χ2v) is 6.79. The Bertz CT molecular complexity index is 787. The van der Waals surface area contributed by atoms with Crippen LogP contribution in [0.1, 0.15) is 51.9 Å². The number of allylic oxidation sites excluding steroid dienone is 3. The Labute approximate surface area is 174 Å². The van der Waals surface area contributed by atoms with Gasteiger partial charge in [0.1, 0.15) is 0 Å². The van der Waals surface area contributed by atoms with Crippen molar-refractivity contribution in [2.75, 3.05) is 6.61 Å². The molecule has 1 heterocycles. The maximum absolute atomic E-state index is 10.7. The maximum Gasteiger partial charge on any atom is 0.241 e. The number of ether oxygens (including phenoxy) is 1. The molecule has 28 heavy (non-hydrogen) atoms. The highest BCUT2D eigenvalue weighted by Gasteiger charge is 1.99. The number of unbranched alkanes of at least 4 members (excludes halogenated alkanes) is 6. The van der Waals surface area contributed by atoms with E-state index in [0.29, 0.717) is 5.88 Å². The van der Waals surface area contributed by atoms with Crippen LogP contribution in [0.15, 0.2) is 60.2 Å². The highest BCUT2D eigenvalue weighted by Crippen LogP contribution is 2.16. The molecule has 1 aromatic carbocycles. The molecule has 1 aromatic heterocycles. The number of para-hydroxylation sites is 1. The molecule has 0 saturated heterocycles. The minimum absolute atomic E-state index is 0. The molecular formula is C23H31ClN2O2. The number of hydrogen-bond donors (Lipinski definition) is 1. The van der Waals surface area contributed by atoms with Gasteiger partial charge in [0.05, 0.1) is 12.1 Å². The predicted molar refractivity (Wildman–Crippen MR) is 119 cm³/mol. The van der Waals surface area contributed by atoms with Gasteiger partial charge >= 0.3 is 0 Å². The smallest absolute Gasteiger partial charge is 0.241 e. The Morgan fingerprint density at radius 1 is 1.04 bits per heavy atom. The van der Waals surface area contributed by atoms with Gasteiger partial charge in [-0.05, 0) is 43.9 Å². The summed E-state index contributed by atoms with van der Waals surface area (Å²) in [6.07, 6.45) is 13.7. The summed E-state index contributed by atoms with van der Waals surface area (Å²) >= 11 is 0. The van der Waals surface area contributed by atoms with E-state index >= 15 is 0 Å². The third-order valence-electron chi connectivity index (χ3n) is 4.34. The van der Waals surface area contributed by atoms with Crippen LogP contribution in [0.5, 0.6) is 5.88 Å². The first-order chi connectivity index (χ1) is 13.1. The zero-order valence-corrected chi connectivity index (χ0v) is 17.4. The number of fused-ring (bicyclic) bond motifs is 1. The lowest BCUT2D eigenvalue weighted by molar-refractivity contribution is -0.113. The van der Waals surface area contributed by atoms with Crippen LogP contribution in [0, 0.1) is 0 Å². The number of primary amides is 1. The summed E-state index contributed by atoms with van der Waals surface area (Å²) in [5.41, 5.74) is 6.99. The summed E-state index contributed by atoms with van der Waals surface area (Å²) in [4.78, 5) is 15.2. The van der Waals surface area contributed by atoms with Gasteiger partial charge in [-0.2, -0.15) is 0 Å². The number of amides is 1. The van der Waals surface area contributed by atoms with Gasteiger partial charge in [0, 0.05) is 17.5 Å². The third-order valence-corrected chi connectivity index (χ3v) is 4.34. The zero-order valence-electron chi connectivity index (χ0n) is 16.6. The largest absolute Gasteiger partial charge is 0.478 e. The van der Waals surface area contributed by atoms with Crippen molar-refractivity contribution in [1.29, 1.82) is 0 Å². The minimum Gasteiger partial charge on any atom is -0.478 e. The van der Waals surface area contributed by atoms with Crippen molar-refractivity contribution in [3.8, 4) is 5.88 Å². The first-order valence-electron chi connectivity index (χ1n) is 9.78. The molecule has 2 rings (SSSR count). The Kier molecular flexibility index (Phi) is 11.7. The maximum atomic E-state index is 10.7. The zero-order chi connectivity index (χ0) is 19.3. The van der Waals surface area contributed by atoms with Crippen molar-refractivity contribution in [3.05, 3.63) is 60.2 Å². The lowest BCUT2D eigenvalue weighted by Crippen LogP contribution is -2.06. The SMILES string of the molecule is CC(/C=C/CCCCCCCCOc1ccc2ccccc2n1)=C\C(N)=O.Cl. The van der Waals surface area contributed by atoms with Crippen LogP contribution in [0.4, 0.5) is 0 Å². The van der Waals surface area contributed by atoms with Gasteiger partial charge in [-0.1, -0.05) is 56.0 Å². The second kappa shape index (κ2) is 13.8. The van der Waals surface area contributed by atoms with E-state index in [2.05, 4.69) is 23.2 Å². The van der Waals surface area contributed by atoms with E-state index in [4.69, 9.17) is 10.5 Å². The molecule has 5 heteroatoms. The van der Waals surface area contributed by atoms with E-state index in [1.54, 1.807) is 0 Å². The van der Waals surface area contributed by atoms with E-state index in [-0.39, 0.29) is 12.4 Å². The van der Waals surface area contributed by atoms with Crippen molar-refractivity contribution in [2.24, 2.45) is 5.73 Å². The molecule has 0 fully saturated rings. The van der Waals surface area contributed by atoms with Crippen LogP contribution in [-0.4, -0.2) is 17.5 Å². The number of carbonyl (C=O) groups excluding carboxylic acids is 1. The van der Waals surface area contributed by atoms with E-state index in [9.17, 15) is 4.79 Å². The molecular weight excluding hydrogens is 372 g/mol. The summed E-state index contributed by atoms with van der Waals surface area (Å²) in [7, 11) is 0. The number of pyridine rings is 1. The molecule has 0 aliphatic heterocycles. The van der Waals surface area contributed by atoms with Gasteiger partial charge in [0.15, 0.2) is 0 Å². The summed E-state index contributed by atoms with van der Waals surface area (Å²) in [5, 5.41) is 1.14. The topological polar surface area (TPSA) is 65.2 Å². The predicted octanol–water partition coefficient (Wildman–Crippen LogP) is 5.75. The molecule has 0 spiro atoms. The summed E-state index contributed by atoms with van der Waals surface area (Å²) < 4.78 is 5.77. The van der Waals surface area contributed by atoms with Gasteiger partial charge in [0.25, 0.3) is 0 Å². The van der Waals surface area contributed by atoms with E-state index in [1.165, 1.54) is 38.2 Å². The molecule has 0 radical (unpaired) electrons. The van der Waals surface area contributed by atoms with Gasteiger partial charge in [-0.3, -0.25) is 4.79 Å². The van der Waals surface area contributed by atoms with Crippen LogP contribution in [0.25, 0.3) is 10.9 Å². The molecule has 1 amide bonds. The highest BCUT2D eigenvalue weighted by molar-refractivity contribution is 5.86. The average Bonchev–Trinajstić information content (AvgIpc) is 2.65. The van der Waals surface area contributed by atoms with Crippen molar-refractivity contribution in [3.63, 3.8) is 0 Å². The molecule has 0 atom stereocenters. The Hall–Kier alpha value is -2.33. The number of rotatable bonds is 12. The fourth-order valence-electron chi connectivity index (χ4n) is 2.92. The van der Waals surface area contributed by atoms with Crippen LogP contribution < -0.4 is 10.5 Å². The van der Waals surface area contributed by atoms with Gasteiger partial charge in [-0.25, -0.2) is 4.98 Å². The van der Waals surface area contributed by atoms with Crippen molar-refractivity contribution < 1.29 is 9.53 Å². The second-order valence-electron chi connectivity index (χ2n) is 6.79. The molecule has 0 aliphatic carbocycles. The van der Waals surface area contributed by atoms with E-state index < -0.39 is 5.91 Å². The molecule has 0 bridgehead atoms. The Morgan fingerprint density at radius 3 is 2.54 bits per heavy atom. The fraction of sp³-hybridized carbons (Fsp3) is 0.391. The minimum atomic E-state index is -0.391. The summed E-state index contributed by atoms with van der Waals surface area (Å²) in [6.45, 7) is 2.61. The molecule has 4 nitrogen and oxygen atoms in total. The fourth-order valence-corrected chi connectivity index (χ4v) is 2.92. The standard InChI is InChI=1S/C23H30N2O2.ClH/c1-19(18-22(24)26)12-8-6-4-2-3-5-7-11-17-27-23-16-15-20-13-9-10-14-21(20)25-23;/h8-10,12-16,18H,2-7,11,17H2,1H3,(H2,24,26);1H/b12-8+,19-18+;. The quantitative estimate of drug-likeness (QED) is 0.279. The first kappa shape index (κ1) is 23.7. The monoisotopic (exact) mass is 402 g/mol. The number of hydrogen-bond acceptors (Lipinski definition) is 3. The number of benzene rings is 1. The Morgan fingerprint density at radius 2 is 1.75 bits per heavy atom. The van der Waals surface area contributed by atoms with Crippen LogP contribution in [0.2, 0.25) is 0 Å². The molecule has 2 N–H and O–H groups in total. The van der Waals surface area contributed by atoms with Gasteiger partial charge in [-0.15, -0.1) is 12.4 Å². The number of nitrogens with zero attached hydrogens (tertiary/aromatic N) is 1. The van der Waals surface area contributed by atoms with Gasteiger partial charge < -0.3 is 10.5 Å². The molecule has 2 aromatic rings. The molecule has 0 aliphatic rings. The highest BCUT2D eigenvalue weighted by atomic mass is 35.5. The number of halogens is 1. The van der Waals surface area contributed by atoms with Crippen LogP contribution in [-0.2, 0) is 4.79 Å². The third kappa shape index (κ3) is 9.56. The van der Waals surface area contributed by atoms with E-state index in [1.807, 2.05) is 37.3 Å². The molecule has 0 unspecified atom stereocenters. The normalized spacial score (nSPS) is 11.5. The van der Waals surface area contributed by atoms with Crippen LogP contribution >= 0.6 is 12.4 Å².